The highest BCUT2D eigenvalue weighted by Crippen LogP contribution is 2.27. The lowest BCUT2D eigenvalue weighted by molar-refractivity contribution is -0.116. The van der Waals surface area contributed by atoms with E-state index in [4.69, 9.17) is 5.73 Å². The van der Waals surface area contributed by atoms with E-state index < -0.39 is 0 Å². The van der Waals surface area contributed by atoms with Crippen molar-refractivity contribution in [3.05, 3.63) is 23.8 Å². The van der Waals surface area contributed by atoms with E-state index in [9.17, 15) is 9.59 Å². The molecule has 0 aromatic heterocycles. The van der Waals surface area contributed by atoms with Gasteiger partial charge >= 0.3 is 0 Å². The van der Waals surface area contributed by atoms with Gasteiger partial charge in [0, 0.05) is 17.8 Å². The average molecular weight is 317 g/mol. The molecule has 0 saturated heterocycles. The number of nitrogens with two attached hydrogens (primary N) is 1. The van der Waals surface area contributed by atoms with Gasteiger partial charge in [0.05, 0.1) is 6.54 Å². The van der Waals surface area contributed by atoms with Crippen LogP contribution in [0.15, 0.2) is 18.2 Å². The van der Waals surface area contributed by atoms with Crippen molar-refractivity contribution in [3.8, 4) is 0 Å². The minimum Gasteiger partial charge on any atom is -0.326 e. The summed E-state index contributed by atoms with van der Waals surface area (Å²) in [7, 11) is 0. The number of anilines is 2. The van der Waals surface area contributed by atoms with Gasteiger partial charge in [0.1, 0.15) is 0 Å². The summed E-state index contributed by atoms with van der Waals surface area (Å²) in [5.41, 5.74) is 7.65. The van der Waals surface area contributed by atoms with E-state index >= 15 is 0 Å². The molecule has 5 heteroatoms. The molecule has 0 unspecified atom stereocenters. The van der Waals surface area contributed by atoms with Gasteiger partial charge in [-0.05, 0) is 37.0 Å². The van der Waals surface area contributed by atoms with Crippen molar-refractivity contribution in [2.75, 3.05) is 17.2 Å². The van der Waals surface area contributed by atoms with Crippen LogP contribution < -0.4 is 16.4 Å². The van der Waals surface area contributed by atoms with Crippen LogP contribution in [0.4, 0.5) is 11.4 Å². The molecule has 4 N–H and O–H groups in total. The van der Waals surface area contributed by atoms with Gasteiger partial charge in [-0.3, -0.25) is 9.59 Å². The number of amides is 2. The number of rotatable bonds is 6. The van der Waals surface area contributed by atoms with Crippen molar-refractivity contribution in [3.63, 3.8) is 0 Å². The first-order valence-corrected chi connectivity index (χ1v) is 8.49. The van der Waals surface area contributed by atoms with E-state index in [0.29, 0.717) is 23.7 Å². The Labute approximate surface area is 138 Å². The number of hydrogen-bond acceptors (Lipinski definition) is 3. The van der Waals surface area contributed by atoms with Gasteiger partial charge in [0.2, 0.25) is 11.8 Å². The summed E-state index contributed by atoms with van der Waals surface area (Å²) in [5.74, 6) is 0.497. The van der Waals surface area contributed by atoms with Crippen LogP contribution in [0.3, 0.4) is 0 Å². The molecule has 1 aromatic rings. The number of nitrogens with one attached hydrogen (secondary N) is 2. The van der Waals surface area contributed by atoms with Crippen molar-refractivity contribution in [1.82, 2.24) is 0 Å². The van der Waals surface area contributed by atoms with E-state index in [1.165, 1.54) is 32.1 Å². The molecule has 0 heterocycles. The Balaban J connectivity index is 1.87. The van der Waals surface area contributed by atoms with Crippen molar-refractivity contribution < 1.29 is 9.59 Å². The molecule has 0 spiro atoms. The van der Waals surface area contributed by atoms with E-state index in [2.05, 4.69) is 10.6 Å². The molecule has 2 rings (SSSR count). The summed E-state index contributed by atoms with van der Waals surface area (Å²) < 4.78 is 0. The number of aryl methyl sites for hydroxylation is 1. The third-order valence-electron chi connectivity index (χ3n) is 4.49. The fraction of sp³-hybridized carbons (Fsp3) is 0.556. The van der Waals surface area contributed by atoms with Gasteiger partial charge in [-0.1, -0.05) is 38.2 Å². The number of carbonyl (C=O) groups excluding carboxylic acids is 2. The zero-order valence-corrected chi connectivity index (χ0v) is 13.9. The summed E-state index contributed by atoms with van der Waals surface area (Å²) in [5, 5.41) is 5.66. The molecule has 0 atom stereocenters. The fourth-order valence-electron chi connectivity index (χ4n) is 3.07. The number of carbonyl (C=O) groups is 2. The molecule has 1 saturated carbocycles. The number of hydrogen-bond donors (Lipinski definition) is 3. The van der Waals surface area contributed by atoms with Crippen molar-refractivity contribution in [2.45, 2.75) is 51.9 Å². The van der Waals surface area contributed by atoms with Crippen LogP contribution >= 0.6 is 0 Å². The second kappa shape index (κ2) is 8.67. The van der Waals surface area contributed by atoms with Crippen molar-refractivity contribution >= 4 is 23.2 Å². The predicted molar refractivity (Wildman–Crippen MR) is 93.3 cm³/mol. The first-order chi connectivity index (χ1) is 11.1. The Morgan fingerprint density at radius 1 is 1.13 bits per heavy atom. The van der Waals surface area contributed by atoms with Crippen LogP contribution in [0.2, 0.25) is 0 Å². The van der Waals surface area contributed by atoms with Crippen molar-refractivity contribution in [1.29, 1.82) is 0 Å². The molecule has 1 aromatic carbocycles. The van der Waals surface area contributed by atoms with Gasteiger partial charge in [-0.15, -0.1) is 0 Å². The SMILES string of the molecule is Cc1ccc(NC(=O)CCC2CCCCC2)cc1NC(=O)CN. The van der Waals surface area contributed by atoms with Crippen LogP contribution in [0.1, 0.15) is 50.5 Å². The first kappa shape index (κ1) is 17.5. The molecule has 1 fully saturated rings. The molecule has 1 aliphatic rings. The van der Waals surface area contributed by atoms with E-state index in [0.717, 1.165) is 12.0 Å². The molecule has 0 bridgehead atoms. The Hall–Kier alpha value is -1.88. The first-order valence-electron chi connectivity index (χ1n) is 8.49. The largest absolute Gasteiger partial charge is 0.326 e. The monoisotopic (exact) mass is 317 g/mol. The molecule has 0 radical (unpaired) electrons. The molecule has 2 amide bonds. The highest BCUT2D eigenvalue weighted by atomic mass is 16.2. The van der Waals surface area contributed by atoms with E-state index in [1.54, 1.807) is 6.07 Å². The summed E-state index contributed by atoms with van der Waals surface area (Å²) in [4.78, 5) is 23.5. The highest BCUT2D eigenvalue weighted by Gasteiger charge is 2.15. The Bertz CT molecular complexity index is 551. The molecular weight excluding hydrogens is 290 g/mol. The quantitative estimate of drug-likeness (QED) is 0.753. The van der Waals surface area contributed by atoms with Gasteiger partial charge in [0.15, 0.2) is 0 Å². The summed E-state index contributed by atoms with van der Waals surface area (Å²) >= 11 is 0. The Morgan fingerprint density at radius 2 is 1.87 bits per heavy atom. The third kappa shape index (κ3) is 5.67. The van der Waals surface area contributed by atoms with Crippen LogP contribution in [0.25, 0.3) is 0 Å². The van der Waals surface area contributed by atoms with Crippen LogP contribution in [-0.2, 0) is 9.59 Å². The lowest BCUT2D eigenvalue weighted by atomic mass is 9.86. The normalized spacial score (nSPS) is 15.2. The lowest BCUT2D eigenvalue weighted by Gasteiger charge is -2.21. The topological polar surface area (TPSA) is 84.2 Å². The summed E-state index contributed by atoms with van der Waals surface area (Å²) in [6.45, 7) is 1.85. The van der Waals surface area contributed by atoms with Gasteiger partial charge in [-0.25, -0.2) is 0 Å². The Morgan fingerprint density at radius 3 is 2.57 bits per heavy atom. The summed E-state index contributed by atoms with van der Waals surface area (Å²) in [6.07, 6.45) is 7.98. The average Bonchev–Trinajstić information content (AvgIpc) is 2.57. The molecule has 126 valence electrons. The van der Waals surface area contributed by atoms with Gasteiger partial charge in [0.25, 0.3) is 0 Å². The maximum absolute atomic E-state index is 12.1. The minimum atomic E-state index is -0.242. The van der Waals surface area contributed by atoms with E-state index in [1.807, 2.05) is 19.1 Å². The standard InChI is InChI=1S/C18H27N3O2/c1-13-7-9-15(11-16(13)21-18(23)12-19)20-17(22)10-8-14-5-3-2-4-6-14/h7,9,11,14H,2-6,8,10,12,19H2,1H3,(H,20,22)(H,21,23). The van der Waals surface area contributed by atoms with Gasteiger partial charge in [-0.2, -0.15) is 0 Å². The molecule has 5 nitrogen and oxygen atoms in total. The maximum atomic E-state index is 12.1. The lowest BCUT2D eigenvalue weighted by Crippen LogP contribution is -2.22. The van der Waals surface area contributed by atoms with E-state index in [-0.39, 0.29) is 18.4 Å². The second-order valence-electron chi connectivity index (χ2n) is 6.37. The predicted octanol–water partition coefficient (Wildman–Crippen LogP) is 3.19. The second-order valence-corrected chi connectivity index (χ2v) is 6.37. The third-order valence-corrected chi connectivity index (χ3v) is 4.49. The van der Waals surface area contributed by atoms with Gasteiger partial charge < -0.3 is 16.4 Å². The van der Waals surface area contributed by atoms with Crippen LogP contribution in [0, 0.1) is 12.8 Å². The molecule has 23 heavy (non-hydrogen) atoms. The smallest absolute Gasteiger partial charge is 0.238 e. The molecule has 1 aliphatic carbocycles. The number of benzene rings is 1. The zero-order chi connectivity index (χ0) is 16.7. The van der Waals surface area contributed by atoms with Crippen LogP contribution in [0.5, 0.6) is 0 Å². The van der Waals surface area contributed by atoms with Crippen LogP contribution in [-0.4, -0.2) is 18.4 Å². The zero-order valence-electron chi connectivity index (χ0n) is 13.9. The van der Waals surface area contributed by atoms with Crippen molar-refractivity contribution in [2.24, 2.45) is 11.7 Å². The minimum absolute atomic E-state index is 0.0375. The molecular formula is C18H27N3O2. The highest BCUT2D eigenvalue weighted by molar-refractivity contribution is 5.95. The maximum Gasteiger partial charge on any atom is 0.238 e. The fourth-order valence-corrected chi connectivity index (χ4v) is 3.07. The summed E-state index contributed by atoms with van der Waals surface area (Å²) in [6, 6.07) is 5.51. The molecule has 0 aliphatic heterocycles. The Kier molecular flexibility index (Phi) is 6.59.